The molecule has 11 heteroatoms. The fourth-order valence-corrected chi connectivity index (χ4v) is 4.39. The normalized spacial score (nSPS) is 14.0. The second-order valence-electron chi connectivity index (χ2n) is 8.20. The summed E-state index contributed by atoms with van der Waals surface area (Å²) in [5.41, 5.74) is 0.442. The average molecular weight is 610 g/mol. The Balaban J connectivity index is 1.87. The van der Waals surface area contributed by atoms with E-state index in [1.807, 2.05) is 22.6 Å². The zero-order chi connectivity index (χ0) is 25.3. The number of aromatic nitrogens is 1. The molecule has 8 nitrogen and oxygen atoms in total. The van der Waals surface area contributed by atoms with E-state index in [2.05, 4.69) is 15.0 Å². The third-order valence-corrected chi connectivity index (χ3v) is 6.57. The molecule has 1 saturated carbocycles. The Kier molecular flexibility index (Phi) is 7.45. The van der Waals surface area contributed by atoms with E-state index in [0.29, 0.717) is 15.0 Å². The molecule has 0 saturated heterocycles. The van der Waals surface area contributed by atoms with Gasteiger partial charge in [-0.2, -0.15) is 0 Å². The number of carbonyl (C=O) groups is 1. The lowest BCUT2D eigenvalue weighted by Crippen LogP contribution is -2.31. The van der Waals surface area contributed by atoms with Crippen molar-refractivity contribution < 1.29 is 18.1 Å². The summed E-state index contributed by atoms with van der Waals surface area (Å²) in [6.45, 7) is 1.57. The third-order valence-electron chi connectivity index (χ3n) is 5.38. The summed E-state index contributed by atoms with van der Waals surface area (Å²) in [6.07, 6.45) is 3.20. The molecule has 1 atom stereocenters. The van der Waals surface area contributed by atoms with Gasteiger partial charge < -0.3 is 15.4 Å². The van der Waals surface area contributed by atoms with Gasteiger partial charge in [0.1, 0.15) is 22.9 Å². The number of anilines is 2. The Labute approximate surface area is 217 Å². The molecule has 1 aliphatic rings. The zero-order valence-corrected chi connectivity index (χ0v) is 22.3. The Morgan fingerprint density at radius 1 is 1.26 bits per heavy atom. The van der Waals surface area contributed by atoms with E-state index in [9.17, 15) is 18.2 Å². The van der Waals surface area contributed by atoms with Gasteiger partial charge in [0.25, 0.3) is 11.5 Å². The highest BCUT2D eigenvalue weighted by molar-refractivity contribution is 14.1. The number of nitrogens with zero attached hydrogens (tertiary/aromatic N) is 2. The number of pyridine rings is 1. The van der Waals surface area contributed by atoms with Crippen molar-refractivity contribution in [2.45, 2.75) is 25.8 Å². The van der Waals surface area contributed by atoms with Crippen molar-refractivity contribution in [3.63, 3.8) is 0 Å². The summed E-state index contributed by atoms with van der Waals surface area (Å²) in [5, 5.41) is 5.86. The molecule has 1 aliphatic carbocycles. The molecule has 1 unspecified atom stereocenters. The van der Waals surface area contributed by atoms with Crippen molar-refractivity contribution in [2.24, 2.45) is 11.4 Å². The van der Waals surface area contributed by atoms with Gasteiger partial charge >= 0.3 is 0 Å². The molecule has 2 aromatic carbocycles. The van der Waals surface area contributed by atoms with Gasteiger partial charge in [-0.1, -0.05) is 6.07 Å². The minimum atomic E-state index is -1.77. The highest BCUT2D eigenvalue weighted by atomic mass is 127. The fourth-order valence-electron chi connectivity index (χ4n) is 3.49. The summed E-state index contributed by atoms with van der Waals surface area (Å²) in [6, 6.07) is 11.2. The first-order valence-electron chi connectivity index (χ1n) is 10.8. The van der Waals surface area contributed by atoms with Crippen LogP contribution in [-0.2, 0) is 17.6 Å². The van der Waals surface area contributed by atoms with E-state index < -0.39 is 27.9 Å². The van der Waals surface area contributed by atoms with Crippen LogP contribution in [0.2, 0.25) is 0 Å². The van der Waals surface area contributed by atoms with E-state index >= 15 is 0 Å². The van der Waals surface area contributed by atoms with Crippen molar-refractivity contribution in [3.05, 3.63) is 73.3 Å². The van der Waals surface area contributed by atoms with Gasteiger partial charge in [0.2, 0.25) is 0 Å². The van der Waals surface area contributed by atoms with Crippen LogP contribution in [0.5, 0.6) is 11.5 Å². The number of halogens is 2. The van der Waals surface area contributed by atoms with Crippen molar-refractivity contribution in [2.75, 3.05) is 11.6 Å². The van der Waals surface area contributed by atoms with Gasteiger partial charge in [-0.15, -0.1) is 0 Å². The molecule has 1 fully saturated rings. The van der Waals surface area contributed by atoms with E-state index in [0.717, 1.165) is 12.8 Å². The molecule has 35 heavy (non-hydrogen) atoms. The van der Waals surface area contributed by atoms with Gasteiger partial charge in [0.15, 0.2) is 5.75 Å². The SMILES string of the molecule is Cc1c(Oc2cccc(/N=[SH](/C)=O)c2)c(C(=O)NC2CC2)c(Nc2ccc(I)cc2F)n(C)c1=O. The van der Waals surface area contributed by atoms with E-state index in [4.69, 9.17) is 4.74 Å². The van der Waals surface area contributed by atoms with Crippen LogP contribution in [0.1, 0.15) is 28.8 Å². The summed E-state index contributed by atoms with van der Waals surface area (Å²) < 4.78 is 38.3. The number of nitrogens with one attached hydrogen (secondary N) is 2. The number of carbonyl (C=O) groups excluding carboxylic acids is 1. The van der Waals surface area contributed by atoms with Gasteiger partial charge in [-0.3, -0.25) is 18.4 Å². The van der Waals surface area contributed by atoms with Crippen LogP contribution < -0.4 is 20.9 Å². The molecule has 1 aromatic heterocycles. The first kappa shape index (κ1) is 25.2. The van der Waals surface area contributed by atoms with E-state index in [1.54, 1.807) is 43.3 Å². The Bertz CT molecular complexity index is 1460. The zero-order valence-electron chi connectivity index (χ0n) is 19.3. The van der Waals surface area contributed by atoms with Crippen LogP contribution in [-0.4, -0.2) is 27.0 Å². The number of rotatable bonds is 7. The number of benzene rings is 2. The van der Waals surface area contributed by atoms with Crippen LogP contribution >= 0.6 is 22.6 Å². The predicted molar refractivity (Wildman–Crippen MR) is 143 cm³/mol. The monoisotopic (exact) mass is 610 g/mol. The van der Waals surface area contributed by atoms with Crippen molar-refractivity contribution in [1.29, 1.82) is 0 Å². The lowest BCUT2D eigenvalue weighted by molar-refractivity contribution is 0.0948. The third kappa shape index (κ3) is 5.84. The second kappa shape index (κ2) is 10.4. The molecule has 0 spiro atoms. The van der Waals surface area contributed by atoms with Gasteiger partial charge in [0.05, 0.1) is 16.9 Å². The molecule has 0 radical (unpaired) electrons. The molecule has 2 N–H and O–H groups in total. The minimum Gasteiger partial charge on any atom is -0.456 e. The van der Waals surface area contributed by atoms with Crippen LogP contribution in [0.4, 0.5) is 21.6 Å². The fraction of sp³-hybridized carbons (Fsp3) is 0.250. The van der Waals surface area contributed by atoms with E-state index in [-0.39, 0.29) is 34.4 Å². The molecular weight excluding hydrogens is 586 g/mol. The molecule has 0 bridgehead atoms. The molecular formula is C24H24FIN4O4S. The molecule has 184 valence electrons. The van der Waals surface area contributed by atoms with Crippen LogP contribution in [0.25, 0.3) is 0 Å². The van der Waals surface area contributed by atoms with Crippen molar-refractivity contribution in [1.82, 2.24) is 9.88 Å². The second-order valence-corrected chi connectivity index (χ2v) is 10.6. The first-order chi connectivity index (χ1) is 16.6. The number of thiol groups is 1. The molecule has 3 aromatic rings. The molecule has 4 rings (SSSR count). The first-order valence-corrected chi connectivity index (χ1v) is 13.5. The smallest absolute Gasteiger partial charge is 0.259 e. The maximum atomic E-state index is 14.7. The largest absolute Gasteiger partial charge is 0.456 e. The van der Waals surface area contributed by atoms with Crippen molar-refractivity contribution in [3.8, 4) is 11.5 Å². The maximum absolute atomic E-state index is 14.7. The van der Waals surface area contributed by atoms with Gasteiger partial charge in [0, 0.05) is 39.6 Å². The number of hydrogen-bond donors (Lipinski definition) is 3. The minimum absolute atomic E-state index is 0.0405. The summed E-state index contributed by atoms with van der Waals surface area (Å²) in [5.74, 6) is -0.494. The highest BCUT2D eigenvalue weighted by Gasteiger charge is 2.30. The predicted octanol–water partition coefficient (Wildman–Crippen LogP) is 4.79. The molecule has 1 amide bonds. The Hall–Kier alpha value is -2.93. The van der Waals surface area contributed by atoms with Gasteiger partial charge in [-0.05, 0) is 72.7 Å². The van der Waals surface area contributed by atoms with Crippen LogP contribution in [0.3, 0.4) is 0 Å². The maximum Gasteiger partial charge on any atom is 0.259 e. The van der Waals surface area contributed by atoms with Crippen LogP contribution in [0, 0.1) is 16.3 Å². The topological polar surface area (TPSA) is 102 Å². The van der Waals surface area contributed by atoms with Gasteiger partial charge in [-0.25, -0.2) is 8.75 Å². The Morgan fingerprint density at radius 2 is 2.00 bits per heavy atom. The van der Waals surface area contributed by atoms with Crippen molar-refractivity contribution >= 4 is 56.3 Å². The summed E-state index contributed by atoms with van der Waals surface area (Å²) in [7, 11) is -0.256. The standard InChI is InChI=1S/C24H24FIN4O4S/c1-13-21(34-17-6-4-5-16(12-17)29-35(3)33)20(23(31)27-15-8-9-15)22(30(2)24(13)32)28-19-10-7-14(26)11-18(19)25/h4-7,10-12,15,28,35H,8-9H2,1-3H3,(H,27,31). The summed E-state index contributed by atoms with van der Waals surface area (Å²) >= 11 is 2.00. The average Bonchev–Trinajstić information content (AvgIpc) is 3.61. The number of hydrogen-bond acceptors (Lipinski definition) is 6. The van der Waals surface area contributed by atoms with Crippen LogP contribution in [0.15, 0.2) is 51.6 Å². The highest BCUT2D eigenvalue weighted by Crippen LogP contribution is 2.35. The quantitative estimate of drug-likeness (QED) is 0.264. The Morgan fingerprint density at radius 3 is 2.66 bits per heavy atom. The lowest BCUT2D eigenvalue weighted by atomic mass is 10.1. The number of amides is 1. The molecule has 1 heterocycles. The number of ether oxygens (including phenoxy) is 1. The lowest BCUT2D eigenvalue weighted by Gasteiger charge is -2.21. The van der Waals surface area contributed by atoms with E-state index in [1.165, 1.54) is 23.9 Å². The molecule has 0 aliphatic heterocycles. The summed E-state index contributed by atoms with van der Waals surface area (Å²) in [4.78, 5) is 26.5.